The van der Waals surface area contributed by atoms with Crippen LogP contribution < -0.4 is 4.74 Å². The maximum atomic E-state index is 11.6. The molecule has 0 aliphatic carbocycles. The normalized spacial score (nSPS) is 16.4. The molecule has 2 aromatic rings. The fourth-order valence-electron chi connectivity index (χ4n) is 2.89. The van der Waals surface area contributed by atoms with Crippen molar-refractivity contribution in [1.29, 1.82) is 0 Å². The second kappa shape index (κ2) is 7.20. The summed E-state index contributed by atoms with van der Waals surface area (Å²) in [6.45, 7) is 6.04. The topological polar surface area (TPSA) is 57.1 Å². The molecule has 0 saturated heterocycles. The van der Waals surface area contributed by atoms with E-state index >= 15 is 0 Å². The van der Waals surface area contributed by atoms with Crippen molar-refractivity contribution in [3.63, 3.8) is 0 Å². The summed E-state index contributed by atoms with van der Waals surface area (Å²) in [5.41, 5.74) is 2.35. The van der Waals surface area contributed by atoms with E-state index in [0.29, 0.717) is 18.3 Å². The number of hydrogen-bond acceptors (Lipinski definition) is 5. The van der Waals surface area contributed by atoms with Gasteiger partial charge in [-0.1, -0.05) is 30.3 Å². The number of rotatable bonds is 5. The van der Waals surface area contributed by atoms with E-state index < -0.39 is 6.10 Å². The van der Waals surface area contributed by atoms with E-state index in [0.717, 1.165) is 16.7 Å². The van der Waals surface area contributed by atoms with Crippen molar-refractivity contribution in [3.8, 4) is 5.75 Å². The molecule has 5 nitrogen and oxygen atoms in total. The van der Waals surface area contributed by atoms with Gasteiger partial charge in [-0.15, -0.1) is 0 Å². The summed E-state index contributed by atoms with van der Waals surface area (Å²) >= 11 is 0. The third kappa shape index (κ3) is 3.87. The Morgan fingerprint density at radius 1 is 1.15 bits per heavy atom. The van der Waals surface area contributed by atoms with E-state index in [9.17, 15) is 4.79 Å². The van der Waals surface area contributed by atoms with Crippen LogP contribution in [0.1, 0.15) is 43.6 Å². The third-order valence-corrected chi connectivity index (χ3v) is 4.13. The van der Waals surface area contributed by atoms with Crippen LogP contribution in [0.15, 0.2) is 53.5 Å². The van der Waals surface area contributed by atoms with Crippen molar-refractivity contribution in [2.75, 3.05) is 13.7 Å². The number of nitrogens with zero attached hydrogens (tertiary/aromatic N) is 1. The van der Waals surface area contributed by atoms with Gasteiger partial charge in [-0.05, 0) is 37.6 Å². The summed E-state index contributed by atoms with van der Waals surface area (Å²) in [5.74, 6) is 0.964. The molecule has 0 spiro atoms. The first-order valence-corrected chi connectivity index (χ1v) is 8.53. The van der Waals surface area contributed by atoms with Gasteiger partial charge in [0, 0.05) is 18.1 Å². The molecule has 136 valence electrons. The van der Waals surface area contributed by atoms with Crippen LogP contribution in [0.4, 0.5) is 0 Å². The number of carbonyl (C=O) groups excluding carboxylic acids is 1. The quantitative estimate of drug-likeness (QED) is 0.765. The van der Waals surface area contributed by atoms with Crippen molar-refractivity contribution in [3.05, 3.63) is 65.2 Å². The lowest BCUT2D eigenvalue weighted by atomic mass is 9.99. The lowest BCUT2D eigenvalue weighted by molar-refractivity contribution is -0.144. The van der Waals surface area contributed by atoms with Gasteiger partial charge in [-0.25, -0.2) is 4.99 Å². The lowest BCUT2D eigenvalue weighted by Gasteiger charge is -2.20. The molecule has 5 heteroatoms. The van der Waals surface area contributed by atoms with Gasteiger partial charge in [0.15, 0.2) is 6.10 Å². The van der Waals surface area contributed by atoms with Gasteiger partial charge in [0.05, 0.1) is 12.6 Å². The molecule has 0 bridgehead atoms. The minimum atomic E-state index is -0.541. The Morgan fingerprint density at radius 3 is 2.42 bits per heavy atom. The highest BCUT2D eigenvalue weighted by Gasteiger charge is 2.27. The minimum Gasteiger partial charge on any atom is -0.496 e. The second-order valence-corrected chi connectivity index (χ2v) is 6.87. The summed E-state index contributed by atoms with van der Waals surface area (Å²) < 4.78 is 16.7. The van der Waals surface area contributed by atoms with Gasteiger partial charge in [-0.2, -0.15) is 0 Å². The number of carbonyl (C=O) groups is 1. The Hall–Kier alpha value is -2.82. The van der Waals surface area contributed by atoms with Gasteiger partial charge in [0.25, 0.3) is 0 Å². The largest absolute Gasteiger partial charge is 0.496 e. The Bertz CT molecular complexity index is 824. The first kappa shape index (κ1) is 18.0. The molecule has 2 aromatic carbocycles. The van der Waals surface area contributed by atoms with Crippen LogP contribution in [-0.4, -0.2) is 31.1 Å². The fraction of sp³-hybridized carbons (Fsp3) is 0.333. The maximum absolute atomic E-state index is 11.6. The minimum absolute atomic E-state index is 0.203. The number of ether oxygens (including phenoxy) is 3. The zero-order valence-corrected chi connectivity index (χ0v) is 15.5. The van der Waals surface area contributed by atoms with E-state index in [2.05, 4.69) is 4.99 Å². The van der Waals surface area contributed by atoms with Crippen LogP contribution in [0, 0.1) is 0 Å². The second-order valence-electron chi connectivity index (χ2n) is 6.87. The molecule has 0 saturated carbocycles. The summed E-state index contributed by atoms with van der Waals surface area (Å²) in [5, 5.41) is 0. The molecule has 3 rings (SSSR count). The molecule has 26 heavy (non-hydrogen) atoms. The van der Waals surface area contributed by atoms with Crippen molar-refractivity contribution < 1.29 is 19.0 Å². The molecule has 0 amide bonds. The first-order valence-electron chi connectivity index (χ1n) is 8.53. The van der Waals surface area contributed by atoms with Crippen molar-refractivity contribution in [2.45, 2.75) is 32.4 Å². The van der Waals surface area contributed by atoms with Gasteiger partial charge in [0.1, 0.15) is 12.4 Å². The molecular formula is C21H23NO4. The van der Waals surface area contributed by atoms with Crippen LogP contribution >= 0.6 is 0 Å². The number of hydrogen-bond donors (Lipinski definition) is 0. The zero-order valence-electron chi connectivity index (χ0n) is 15.5. The molecule has 0 N–H and O–H groups in total. The number of benzene rings is 2. The lowest BCUT2D eigenvalue weighted by Crippen LogP contribution is -2.17. The SMILES string of the molecule is COc1ccccc1C(OC(C)=O)c1ccc(C2=NC(C)(C)CO2)cc1. The molecule has 0 fully saturated rings. The van der Waals surface area contributed by atoms with E-state index in [4.69, 9.17) is 14.2 Å². The van der Waals surface area contributed by atoms with Crippen molar-refractivity contribution in [2.24, 2.45) is 4.99 Å². The monoisotopic (exact) mass is 353 g/mol. The smallest absolute Gasteiger partial charge is 0.303 e. The van der Waals surface area contributed by atoms with E-state index in [1.807, 2.05) is 62.4 Å². The Kier molecular flexibility index (Phi) is 4.98. The maximum Gasteiger partial charge on any atom is 0.303 e. The Morgan fingerprint density at radius 2 is 1.85 bits per heavy atom. The average molecular weight is 353 g/mol. The van der Waals surface area contributed by atoms with E-state index in [1.165, 1.54) is 6.92 Å². The van der Waals surface area contributed by atoms with Crippen LogP contribution in [-0.2, 0) is 14.3 Å². The predicted molar refractivity (Wildman–Crippen MR) is 99.6 cm³/mol. The average Bonchev–Trinajstić information content (AvgIpc) is 2.99. The molecule has 1 aliphatic rings. The Labute approximate surface area is 153 Å². The summed E-state index contributed by atoms with van der Waals surface area (Å²) in [6.07, 6.45) is -0.541. The molecule has 0 aromatic heterocycles. The molecule has 0 radical (unpaired) electrons. The van der Waals surface area contributed by atoms with Crippen LogP contribution in [0.25, 0.3) is 0 Å². The van der Waals surface area contributed by atoms with E-state index in [1.54, 1.807) is 7.11 Å². The Balaban J connectivity index is 1.94. The van der Waals surface area contributed by atoms with Gasteiger partial charge < -0.3 is 14.2 Å². The summed E-state index contributed by atoms with van der Waals surface area (Å²) in [4.78, 5) is 16.2. The van der Waals surface area contributed by atoms with Gasteiger partial charge >= 0.3 is 5.97 Å². The molecule has 1 atom stereocenters. The molecule has 1 heterocycles. The standard InChI is InChI=1S/C21H23NO4/c1-14(23)26-19(17-7-5-6-8-18(17)24-4)15-9-11-16(12-10-15)20-22-21(2,3)13-25-20/h5-12,19H,13H2,1-4H3. The van der Waals surface area contributed by atoms with Gasteiger partial charge in [-0.3, -0.25) is 4.79 Å². The highest BCUT2D eigenvalue weighted by Crippen LogP contribution is 2.33. The van der Waals surface area contributed by atoms with Crippen LogP contribution in [0.2, 0.25) is 0 Å². The third-order valence-electron chi connectivity index (χ3n) is 4.13. The molecule has 1 aliphatic heterocycles. The zero-order chi connectivity index (χ0) is 18.7. The van der Waals surface area contributed by atoms with Crippen LogP contribution in [0.5, 0.6) is 5.75 Å². The molecule has 1 unspecified atom stereocenters. The number of para-hydroxylation sites is 1. The van der Waals surface area contributed by atoms with Gasteiger partial charge in [0.2, 0.25) is 5.90 Å². The first-order chi connectivity index (χ1) is 12.4. The van der Waals surface area contributed by atoms with Crippen molar-refractivity contribution in [1.82, 2.24) is 0 Å². The fourth-order valence-corrected chi connectivity index (χ4v) is 2.89. The summed E-state index contributed by atoms with van der Waals surface area (Å²) in [7, 11) is 1.60. The highest BCUT2D eigenvalue weighted by atomic mass is 16.5. The van der Waals surface area contributed by atoms with E-state index in [-0.39, 0.29) is 11.5 Å². The summed E-state index contributed by atoms with van der Waals surface area (Å²) in [6, 6.07) is 15.2. The highest BCUT2D eigenvalue weighted by molar-refractivity contribution is 5.95. The molecular weight excluding hydrogens is 330 g/mol. The van der Waals surface area contributed by atoms with Crippen LogP contribution in [0.3, 0.4) is 0 Å². The number of esters is 1. The number of aliphatic imine (C=N–C) groups is 1. The van der Waals surface area contributed by atoms with Crippen molar-refractivity contribution >= 4 is 11.9 Å². The predicted octanol–water partition coefficient (Wildman–Crippen LogP) is 3.90. The number of methoxy groups -OCH3 is 1.